The van der Waals surface area contributed by atoms with Gasteiger partial charge in [0.2, 0.25) is 0 Å². The van der Waals surface area contributed by atoms with Crippen LogP contribution in [0.4, 0.5) is 0 Å². The molecule has 1 N–H and O–H groups in total. The van der Waals surface area contributed by atoms with E-state index in [2.05, 4.69) is 4.90 Å². The number of carbonyl (C=O) groups is 1. The average molecular weight is 277 g/mol. The molecular weight excluding hydrogens is 258 g/mol. The molecule has 2 aliphatic heterocycles. The zero-order chi connectivity index (χ0) is 14.1. The highest BCUT2D eigenvalue weighted by molar-refractivity contribution is 5.71. The molecule has 20 heavy (non-hydrogen) atoms. The van der Waals surface area contributed by atoms with E-state index in [1.54, 1.807) is 0 Å². The molecule has 0 aliphatic carbocycles. The highest BCUT2D eigenvalue weighted by atomic mass is 16.6. The van der Waals surface area contributed by atoms with E-state index in [0.29, 0.717) is 19.8 Å². The summed E-state index contributed by atoms with van der Waals surface area (Å²) in [4.78, 5) is 13.3. The largest absolute Gasteiger partial charge is 0.486 e. The van der Waals surface area contributed by atoms with Crippen molar-refractivity contribution in [2.45, 2.75) is 13.5 Å². The smallest absolute Gasteiger partial charge is 0.308 e. The molecule has 1 fully saturated rings. The first-order valence-electron chi connectivity index (χ1n) is 6.97. The third-order valence-electron chi connectivity index (χ3n) is 4.02. The molecule has 3 rings (SSSR count). The molecule has 0 aromatic heterocycles. The fraction of sp³-hybridized carbons (Fsp3) is 0.533. The van der Waals surface area contributed by atoms with E-state index in [4.69, 9.17) is 14.6 Å². The SMILES string of the molecule is C[C@@H]1CN(Cc2ccc3c(c2)OCCO3)C[C@H]1C(=O)O. The second-order valence-electron chi connectivity index (χ2n) is 5.59. The Kier molecular flexibility index (Phi) is 3.53. The van der Waals surface area contributed by atoms with Crippen LogP contribution in [0.2, 0.25) is 0 Å². The molecule has 1 saturated heterocycles. The van der Waals surface area contributed by atoms with Crippen molar-refractivity contribution in [1.29, 1.82) is 0 Å². The zero-order valence-electron chi connectivity index (χ0n) is 11.5. The topological polar surface area (TPSA) is 59.0 Å². The van der Waals surface area contributed by atoms with E-state index in [0.717, 1.165) is 30.2 Å². The van der Waals surface area contributed by atoms with Gasteiger partial charge in [0.1, 0.15) is 13.2 Å². The molecule has 2 heterocycles. The Labute approximate surface area is 118 Å². The number of ether oxygens (including phenoxy) is 2. The first-order chi connectivity index (χ1) is 9.63. The summed E-state index contributed by atoms with van der Waals surface area (Å²) in [6.07, 6.45) is 0. The van der Waals surface area contributed by atoms with Crippen LogP contribution in [0.1, 0.15) is 12.5 Å². The quantitative estimate of drug-likeness (QED) is 0.909. The van der Waals surface area contributed by atoms with Crippen molar-refractivity contribution < 1.29 is 19.4 Å². The Morgan fingerprint density at radius 3 is 2.75 bits per heavy atom. The van der Waals surface area contributed by atoms with Crippen LogP contribution in [0.5, 0.6) is 11.5 Å². The number of carboxylic acid groups (broad SMARTS) is 1. The number of hydrogen-bond acceptors (Lipinski definition) is 4. The van der Waals surface area contributed by atoms with Crippen molar-refractivity contribution in [3.05, 3.63) is 23.8 Å². The van der Waals surface area contributed by atoms with Crippen LogP contribution < -0.4 is 9.47 Å². The van der Waals surface area contributed by atoms with Gasteiger partial charge >= 0.3 is 5.97 Å². The Balaban J connectivity index is 1.68. The maximum Gasteiger partial charge on any atom is 0.308 e. The van der Waals surface area contributed by atoms with Gasteiger partial charge in [0, 0.05) is 19.6 Å². The normalized spacial score (nSPS) is 25.6. The molecule has 0 unspecified atom stereocenters. The number of aliphatic carboxylic acids is 1. The predicted octanol–water partition coefficient (Wildman–Crippen LogP) is 1.61. The molecule has 108 valence electrons. The number of carboxylic acids is 1. The second-order valence-corrected chi connectivity index (χ2v) is 5.59. The molecule has 0 amide bonds. The van der Waals surface area contributed by atoms with Crippen molar-refractivity contribution in [3.63, 3.8) is 0 Å². The number of benzene rings is 1. The van der Waals surface area contributed by atoms with E-state index in [9.17, 15) is 4.79 Å². The highest BCUT2D eigenvalue weighted by Crippen LogP contribution is 2.32. The van der Waals surface area contributed by atoms with E-state index < -0.39 is 5.97 Å². The zero-order valence-corrected chi connectivity index (χ0v) is 11.5. The lowest BCUT2D eigenvalue weighted by atomic mass is 9.99. The third kappa shape index (κ3) is 2.58. The molecule has 0 bridgehead atoms. The molecule has 5 heteroatoms. The molecule has 0 spiro atoms. The summed E-state index contributed by atoms with van der Waals surface area (Å²) in [5.74, 6) is 0.827. The van der Waals surface area contributed by atoms with E-state index in [1.807, 2.05) is 25.1 Å². The first-order valence-corrected chi connectivity index (χ1v) is 6.97. The lowest BCUT2D eigenvalue weighted by Gasteiger charge is -2.20. The molecular formula is C15H19NO4. The number of likely N-dealkylation sites (tertiary alicyclic amines) is 1. The molecule has 5 nitrogen and oxygen atoms in total. The average Bonchev–Trinajstić information content (AvgIpc) is 2.79. The summed E-state index contributed by atoms with van der Waals surface area (Å²) >= 11 is 0. The maximum absolute atomic E-state index is 11.1. The highest BCUT2D eigenvalue weighted by Gasteiger charge is 2.34. The van der Waals surface area contributed by atoms with Gasteiger partial charge in [-0.05, 0) is 23.6 Å². The maximum atomic E-state index is 11.1. The number of nitrogens with zero attached hydrogens (tertiary/aromatic N) is 1. The minimum Gasteiger partial charge on any atom is -0.486 e. The van der Waals surface area contributed by atoms with E-state index >= 15 is 0 Å². The molecule has 1 aromatic rings. The Bertz CT molecular complexity index is 517. The standard InChI is InChI=1S/C15H19NO4/c1-10-7-16(9-12(10)15(17)18)8-11-2-3-13-14(6-11)20-5-4-19-13/h2-3,6,10,12H,4-5,7-9H2,1H3,(H,17,18)/t10-,12-/m1/s1. The van der Waals surface area contributed by atoms with Crippen LogP contribution in [0, 0.1) is 11.8 Å². The third-order valence-corrected chi connectivity index (χ3v) is 4.02. The van der Waals surface area contributed by atoms with Gasteiger partial charge in [0.25, 0.3) is 0 Å². The van der Waals surface area contributed by atoms with Gasteiger partial charge in [-0.25, -0.2) is 0 Å². The van der Waals surface area contributed by atoms with Gasteiger partial charge in [0.05, 0.1) is 5.92 Å². The van der Waals surface area contributed by atoms with Crippen LogP contribution in [-0.4, -0.2) is 42.3 Å². The second kappa shape index (κ2) is 5.32. The van der Waals surface area contributed by atoms with Crippen LogP contribution in [0.3, 0.4) is 0 Å². The number of rotatable bonds is 3. The monoisotopic (exact) mass is 277 g/mol. The predicted molar refractivity (Wildman–Crippen MR) is 73.0 cm³/mol. The van der Waals surface area contributed by atoms with Gasteiger partial charge in [-0.15, -0.1) is 0 Å². The van der Waals surface area contributed by atoms with Gasteiger partial charge in [-0.1, -0.05) is 13.0 Å². The van der Waals surface area contributed by atoms with Gasteiger partial charge in [-0.3, -0.25) is 9.69 Å². The number of hydrogen-bond donors (Lipinski definition) is 1. The fourth-order valence-electron chi connectivity index (χ4n) is 2.96. The molecule has 0 saturated carbocycles. The minimum absolute atomic E-state index is 0.199. The number of fused-ring (bicyclic) bond motifs is 1. The summed E-state index contributed by atoms with van der Waals surface area (Å²) in [6.45, 7) is 5.37. The van der Waals surface area contributed by atoms with Crippen molar-refractivity contribution in [2.24, 2.45) is 11.8 Å². The molecule has 0 radical (unpaired) electrons. The summed E-state index contributed by atoms with van der Waals surface area (Å²) in [6, 6.07) is 5.94. The van der Waals surface area contributed by atoms with Crippen molar-refractivity contribution in [3.8, 4) is 11.5 Å². The van der Waals surface area contributed by atoms with Gasteiger partial charge < -0.3 is 14.6 Å². The van der Waals surface area contributed by atoms with Gasteiger partial charge in [0.15, 0.2) is 11.5 Å². The van der Waals surface area contributed by atoms with Crippen molar-refractivity contribution >= 4 is 5.97 Å². The summed E-state index contributed by atoms with van der Waals surface area (Å²) in [5.41, 5.74) is 1.13. The Hall–Kier alpha value is -1.75. The van der Waals surface area contributed by atoms with Crippen LogP contribution in [0.25, 0.3) is 0 Å². The van der Waals surface area contributed by atoms with Gasteiger partial charge in [-0.2, -0.15) is 0 Å². The van der Waals surface area contributed by atoms with E-state index in [-0.39, 0.29) is 11.8 Å². The van der Waals surface area contributed by atoms with Crippen molar-refractivity contribution in [2.75, 3.05) is 26.3 Å². The van der Waals surface area contributed by atoms with Crippen LogP contribution in [-0.2, 0) is 11.3 Å². The van der Waals surface area contributed by atoms with Crippen LogP contribution >= 0.6 is 0 Å². The Morgan fingerprint density at radius 2 is 2.05 bits per heavy atom. The lowest BCUT2D eigenvalue weighted by Crippen LogP contribution is -2.23. The van der Waals surface area contributed by atoms with Crippen molar-refractivity contribution in [1.82, 2.24) is 4.90 Å². The Morgan fingerprint density at radius 1 is 1.30 bits per heavy atom. The molecule has 2 atom stereocenters. The fourth-order valence-corrected chi connectivity index (χ4v) is 2.96. The first kappa shape index (κ1) is 13.2. The molecule has 1 aromatic carbocycles. The molecule has 2 aliphatic rings. The minimum atomic E-state index is -0.692. The summed E-state index contributed by atoms with van der Waals surface area (Å²) in [5, 5.41) is 9.16. The van der Waals surface area contributed by atoms with E-state index in [1.165, 1.54) is 0 Å². The summed E-state index contributed by atoms with van der Waals surface area (Å²) < 4.78 is 11.1. The summed E-state index contributed by atoms with van der Waals surface area (Å²) in [7, 11) is 0. The van der Waals surface area contributed by atoms with Crippen LogP contribution in [0.15, 0.2) is 18.2 Å². The lowest BCUT2D eigenvalue weighted by molar-refractivity contribution is -0.142.